The van der Waals surface area contributed by atoms with E-state index in [-0.39, 0.29) is 11.8 Å². The van der Waals surface area contributed by atoms with Crippen LogP contribution in [-0.2, 0) is 6.54 Å². The Morgan fingerprint density at radius 2 is 2.06 bits per heavy atom. The summed E-state index contributed by atoms with van der Waals surface area (Å²) in [6, 6.07) is 7.20. The van der Waals surface area contributed by atoms with Gasteiger partial charge >= 0.3 is 11.8 Å². The number of carbonyl (C=O) groups is 1. The first kappa shape index (κ1) is 11.6. The van der Waals surface area contributed by atoms with Crippen LogP contribution in [0.2, 0.25) is 5.02 Å². The summed E-state index contributed by atoms with van der Waals surface area (Å²) in [5.41, 5.74) is 0.944. The Hall–Kier alpha value is -1.88. The Morgan fingerprint density at radius 3 is 2.65 bits per heavy atom. The van der Waals surface area contributed by atoms with E-state index in [0.29, 0.717) is 17.5 Å². The van der Waals surface area contributed by atoms with Gasteiger partial charge in [-0.25, -0.2) is 0 Å². The summed E-state index contributed by atoms with van der Waals surface area (Å²) in [4.78, 5) is 11.6. The van der Waals surface area contributed by atoms with Gasteiger partial charge in [-0.2, -0.15) is 0 Å². The summed E-state index contributed by atoms with van der Waals surface area (Å²) in [5, 5.41) is 10.5. The quantitative estimate of drug-likeness (QED) is 0.906. The first-order chi connectivity index (χ1) is 8.15. The molecule has 0 fully saturated rings. The molecule has 0 bridgehead atoms. The lowest BCUT2D eigenvalue weighted by atomic mass is 10.2. The van der Waals surface area contributed by atoms with Crippen molar-refractivity contribution in [2.24, 2.45) is 0 Å². The van der Waals surface area contributed by atoms with Crippen LogP contribution in [0.25, 0.3) is 0 Å². The zero-order chi connectivity index (χ0) is 12.3. The lowest BCUT2D eigenvalue weighted by Gasteiger charge is -2.02. The van der Waals surface area contributed by atoms with E-state index in [2.05, 4.69) is 15.5 Å². The molecule has 5 nitrogen and oxygen atoms in total. The van der Waals surface area contributed by atoms with Crippen LogP contribution in [0.1, 0.15) is 22.1 Å². The van der Waals surface area contributed by atoms with E-state index in [0.717, 1.165) is 5.56 Å². The van der Waals surface area contributed by atoms with Gasteiger partial charge in [0.1, 0.15) is 0 Å². The minimum absolute atomic E-state index is 0.0311. The van der Waals surface area contributed by atoms with Crippen molar-refractivity contribution in [3.05, 3.63) is 46.6 Å². The van der Waals surface area contributed by atoms with Crippen LogP contribution in [0.15, 0.2) is 28.7 Å². The number of nitrogens with one attached hydrogen (secondary N) is 1. The van der Waals surface area contributed by atoms with Crippen molar-refractivity contribution >= 4 is 17.5 Å². The predicted molar refractivity (Wildman–Crippen MR) is 61.7 cm³/mol. The zero-order valence-electron chi connectivity index (χ0n) is 9.11. The molecule has 6 heteroatoms. The molecule has 1 aromatic heterocycles. The largest absolute Gasteiger partial charge is 0.417 e. The average molecular weight is 252 g/mol. The van der Waals surface area contributed by atoms with Crippen molar-refractivity contribution in [2.45, 2.75) is 13.5 Å². The summed E-state index contributed by atoms with van der Waals surface area (Å²) < 4.78 is 5.00. The highest BCUT2D eigenvalue weighted by Gasteiger charge is 2.12. The summed E-state index contributed by atoms with van der Waals surface area (Å²) in [6.45, 7) is 2.01. The fourth-order valence-corrected chi connectivity index (χ4v) is 1.37. The van der Waals surface area contributed by atoms with Crippen molar-refractivity contribution < 1.29 is 9.21 Å². The number of rotatable bonds is 3. The summed E-state index contributed by atoms with van der Waals surface area (Å²) in [5.74, 6) is -0.0568. The van der Waals surface area contributed by atoms with Crippen molar-refractivity contribution in [3.8, 4) is 0 Å². The van der Waals surface area contributed by atoms with Gasteiger partial charge in [0.15, 0.2) is 0 Å². The average Bonchev–Trinajstić information content (AvgIpc) is 2.75. The third-order valence-corrected chi connectivity index (χ3v) is 2.34. The second-order valence-corrected chi connectivity index (χ2v) is 3.87. The number of halogens is 1. The van der Waals surface area contributed by atoms with Gasteiger partial charge < -0.3 is 9.73 Å². The van der Waals surface area contributed by atoms with Crippen LogP contribution in [-0.4, -0.2) is 16.1 Å². The van der Waals surface area contributed by atoms with E-state index in [4.69, 9.17) is 16.0 Å². The molecule has 17 heavy (non-hydrogen) atoms. The Labute approximate surface area is 103 Å². The maximum Gasteiger partial charge on any atom is 0.309 e. The molecule has 0 unspecified atom stereocenters. The van der Waals surface area contributed by atoms with Crippen molar-refractivity contribution in [2.75, 3.05) is 0 Å². The maximum atomic E-state index is 11.6. The maximum absolute atomic E-state index is 11.6. The second kappa shape index (κ2) is 4.97. The van der Waals surface area contributed by atoms with Crippen molar-refractivity contribution in [1.29, 1.82) is 0 Å². The van der Waals surface area contributed by atoms with Gasteiger partial charge in [-0.05, 0) is 17.7 Å². The number of benzene rings is 1. The molecule has 0 aliphatic carbocycles. The Kier molecular flexibility index (Phi) is 3.39. The molecule has 1 amide bonds. The lowest BCUT2D eigenvalue weighted by Crippen LogP contribution is -2.23. The standard InChI is InChI=1S/C11H10ClN3O2/c1-7-14-15-11(17-7)10(16)13-6-8-2-4-9(12)5-3-8/h2-5H,6H2,1H3,(H,13,16). The minimum Gasteiger partial charge on any atom is -0.417 e. The zero-order valence-corrected chi connectivity index (χ0v) is 9.86. The molecule has 1 aromatic carbocycles. The third kappa shape index (κ3) is 3.04. The van der Waals surface area contributed by atoms with E-state index in [1.54, 1.807) is 19.1 Å². The number of aromatic nitrogens is 2. The topological polar surface area (TPSA) is 68.0 Å². The van der Waals surface area contributed by atoms with Crippen LogP contribution < -0.4 is 5.32 Å². The van der Waals surface area contributed by atoms with Gasteiger partial charge in [0.05, 0.1) is 0 Å². The summed E-state index contributed by atoms with van der Waals surface area (Å²) >= 11 is 5.75. The number of hydrogen-bond acceptors (Lipinski definition) is 4. The molecule has 2 aromatic rings. The monoisotopic (exact) mass is 251 g/mol. The minimum atomic E-state index is -0.388. The molecule has 0 saturated heterocycles. The van der Waals surface area contributed by atoms with Gasteiger partial charge in [0.25, 0.3) is 0 Å². The van der Waals surface area contributed by atoms with Crippen LogP contribution in [0, 0.1) is 6.92 Å². The van der Waals surface area contributed by atoms with Gasteiger partial charge in [-0.3, -0.25) is 4.79 Å². The van der Waals surface area contributed by atoms with Crippen molar-refractivity contribution in [1.82, 2.24) is 15.5 Å². The lowest BCUT2D eigenvalue weighted by molar-refractivity contribution is 0.0915. The van der Waals surface area contributed by atoms with Gasteiger partial charge in [-0.15, -0.1) is 10.2 Å². The third-order valence-electron chi connectivity index (χ3n) is 2.09. The molecule has 0 spiro atoms. The predicted octanol–water partition coefficient (Wildman–Crippen LogP) is 1.96. The van der Waals surface area contributed by atoms with Gasteiger partial charge in [0.2, 0.25) is 5.89 Å². The molecule has 0 aliphatic rings. The van der Waals surface area contributed by atoms with E-state index in [1.165, 1.54) is 0 Å². The van der Waals surface area contributed by atoms with E-state index < -0.39 is 0 Å². The highest BCUT2D eigenvalue weighted by Crippen LogP contribution is 2.09. The molecular weight excluding hydrogens is 242 g/mol. The molecule has 2 rings (SSSR count). The van der Waals surface area contributed by atoms with Crippen LogP contribution in [0.5, 0.6) is 0 Å². The Morgan fingerprint density at radius 1 is 1.35 bits per heavy atom. The highest BCUT2D eigenvalue weighted by molar-refractivity contribution is 6.30. The van der Waals surface area contributed by atoms with Crippen LogP contribution >= 0.6 is 11.6 Å². The molecule has 1 N–H and O–H groups in total. The number of amides is 1. The fourth-order valence-electron chi connectivity index (χ4n) is 1.25. The van der Waals surface area contributed by atoms with Crippen LogP contribution in [0.3, 0.4) is 0 Å². The van der Waals surface area contributed by atoms with Gasteiger partial charge in [-0.1, -0.05) is 23.7 Å². The van der Waals surface area contributed by atoms with Crippen molar-refractivity contribution in [3.63, 3.8) is 0 Å². The first-order valence-electron chi connectivity index (χ1n) is 4.98. The highest BCUT2D eigenvalue weighted by atomic mass is 35.5. The second-order valence-electron chi connectivity index (χ2n) is 3.44. The summed E-state index contributed by atoms with van der Waals surface area (Å²) in [7, 11) is 0. The Balaban J connectivity index is 1.94. The fraction of sp³-hybridized carbons (Fsp3) is 0.182. The number of hydrogen-bond donors (Lipinski definition) is 1. The molecular formula is C11H10ClN3O2. The molecule has 0 saturated carbocycles. The van der Waals surface area contributed by atoms with E-state index in [9.17, 15) is 4.79 Å². The van der Waals surface area contributed by atoms with E-state index in [1.807, 2.05) is 12.1 Å². The molecule has 0 radical (unpaired) electrons. The molecule has 88 valence electrons. The molecule has 1 heterocycles. The van der Waals surface area contributed by atoms with Gasteiger partial charge in [0, 0.05) is 18.5 Å². The SMILES string of the molecule is Cc1nnc(C(=O)NCc2ccc(Cl)cc2)o1. The summed E-state index contributed by atoms with van der Waals surface area (Å²) in [6.07, 6.45) is 0. The number of carbonyl (C=O) groups excluding carboxylic acids is 1. The number of aryl methyl sites for hydroxylation is 1. The molecule has 0 aliphatic heterocycles. The Bertz CT molecular complexity index is 522. The molecule has 0 atom stereocenters. The van der Waals surface area contributed by atoms with E-state index >= 15 is 0 Å². The first-order valence-corrected chi connectivity index (χ1v) is 5.36. The normalized spacial score (nSPS) is 10.2. The number of nitrogens with zero attached hydrogens (tertiary/aromatic N) is 2. The van der Waals surface area contributed by atoms with Crippen LogP contribution in [0.4, 0.5) is 0 Å². The smallest absolute Gasteiger partial charge is 0.309 e.